The Labute approximate surface area is 118 Å². The van der Waals surface area contributed by atoms with Crippen molar-refractivity contribution in [3.05, 3.63) is 65.0 Å². The van der Waals surface area contributed by atoms with Gasteiger partial charge in [-0.25, -0.2) is 4.39 Å². The van der Waals surface area contributed by atoms with Gasteiger partial charge in [0, 0.05) is 5.56 Å². The van der Waals surface area contributed by atoms with Crippen molar-refractivity contribution >= 4 is 0 Å². The highest BCUT2D eigenvalue weighted by Gasteiger charge is 2.21. The summed E-state index contributed by atoms with van der Waals surface area (Å²) in [5, 5.41) is 3.30. The SMILES string of the molecule is CNC(c1ccc(F)cc1)c1cccc2c1OCCC2. The Hall–Kier alpha value is -1.87. The van der Waals surface area contributed by atoms with Crippen LogP contribution in [-0.2, 0) is 6.42 Å². The lowest BCUT2D eigenvalue weighted by Crippen LogP contribution is -2.20. The van der Waals surface area contributed by atoms with Gasteiger partial charge in [-0.2, -0.15) is 0 Å². The van der Waals surface area contributed by atoms with E-state index in [2.05, 4.69) is 23.5 Å². The first-order chi connectivity index (χ1) is 9.79. The molecule has 0 saturated heterocycles. The van der Waals surface area contributed by atoms with E-state index in [4.69, 9.17) is 4.74 Å². The van der Waals surface area contributed by atoms with Gasteiger partial charge in [-0.05, 0) is 43.1 Å². The van der Waals surface area contributed by atoms with E-state index in [1.54, 1.807) is 0 Å². The Balaban J connectivity index is 2.03. The van der Waals surface area contributed by atoms with Crippen LogP contribution in [0.5, 0.6) is 5.75 Å². The second-order valence-corrected chi connectivity index (χ2v) is 5.06. The Morgan fingerprint density at radius 3 is 2.70 bits per heavy atom. The molecule has 1 aliphatic rings. The minimum Gasteiger partial charge on any atom is -0.493 e. The molecule has 0 aromatic heterocycles. The third kappa shape index (κ3) is 2.41. The van der Waals surface area contributed by atoms with E-state index in [0.29, 0.717) is 0 Å². The summed E-state index contributed by atoms with van der Waals surface area (Å²) < 4.78 is 19.0. The maximum atomic E-state index is 13.1. The molecule has 0 amide bonds. The van der Waals surface area contributed by atoms with Crippen LogP contribution in [0.1, 0.15) is 29.2 Å². The summed E-state index contributed by atoms with van der Waals surface area (Å²) in [4.78, 5) is 0. The molecule has 1 unspecified atom stereocenters. The summed E-state index contributed by atoms with van der Waals surface area (Å²) in [5.41, 5.74) is 3.42. The number of halogens is 1. The maximum absolute atomic E-state index is 13.1. The topological polar surface area (TPSA) is 21.3 Å². The number of nitrogens with one attached hydrogen (secondary N) is 1. The van der Waals surface area contributed by atoms with Crippen molar-refractivity contribution in [3.63, 3.8) is 0 Å². The molecule has 0 aliphatic carbocycles. The van der Waals surface area contributed by atoms with Gasteiger partial charge in [0.1, 0.15) is 11.6 Å². The molecular weight excluding hydrogens is 253 g/mol. The highest BCUT2D eigenvalue weighted by Crippen LogP contribution is 2.35. The van der Waals surface area contributed by atoms with Crippen LogP contribution in [0, 0.1) is 5.82 Å². The van der Waals surface area contributed by atoms with Crippen LogP contribution in [0.3, 0.4) is 0 Å². The second-order valence-electron chi connectivity index (χ2n) is 5.06. The maximum Gasteiger partial charge on any atom is 0.127 e. The minimum atomic E-state index is -0.213. The van der Waals surface area contributed by atoms with Crippen LogP contribution < -0.4 is 10.1 Å². The number of rotatable bonds is 3. The fraction of sp³-hybridized carbons (Fsp3) is 0.294. The molecule has 0 spiro atoms. The summed E-state index contributed by atoms with van der Waals surface area (Å²) >= 11 is 0. The average Bonchev–Trinajstić information content (AvgIpc) is 2.50. The molecule has 1 heterocycles. The molecule has 2 aromatic rings. The Bertz CT molecular complexity index is 594. The van der Waals surface area contributed by atoms with E-state index >= 15 is 0 Å². The number of para-hydroxylation sites is 1. The molecule has 0 fully saturated rings. The standard InChI is InChI=1S/C17H18FNO/c1-19-16(12-7-9-14(18)10-8-12)15-6-2-4-13-5-3-11-20-17(13)15/h2,4,6-10,16,19H,3,5,11H2,1H3. The predicted molar refractivity (Wildman–Crippen MR) is 77.6 cm³/mol. The molecule has 0 radical (unpaired) electrons. The zero-order valence-corrected chi connectivity index (χ0v) is 11.5. The lowest BCUT2D eigenvalue weighted by atomic mass is 9.94. The highest BCUT2D eigenvalue weighted by molar-refractivity contribution is 5.47. The molecule has 0 saturated carbocycles. The zero-order valence-electron chi connectivity index (χ0n) is 11.5. The van der Waals surface area contributed by atoms with Gasteiger partial charge >= 0.3 is 0 Å². The molecule has 1 aliphatic heterocycles. The van der Waals surface area contributed by atoms with Gasteiger partial charge in [-0.15, -0.1) is 0 Å². The van der Waals surface area contributed by atoms with Gasteiger partial charge in [0.05, 0.1) is 12.6 Å². The van der Waals surface area contributed by atoms with Crippen molar-refractivity contribution in [1.29, 1.82) is 0 Å². The highest BCUT2D eigenvalue weighted by atomic mass is 19.1. The van der Waals surface area contributed by atoms with Crippen LogP contribution in [-0.4, -0.2) is 13.7 Å². The van der Waals surface area contributed by atoms with Crippen molar-refractivity contribution in [1.82, 2.24) is 5.32 Å². The van der Waals surface area contributed by atoms with Gasteiger partial charge in [0.15, 0.2) is 0 Å². The molecule has 0 bridgehead atoms. The Morgan fingerprint density at radius 2 is 1.95 bits per heavy atom. The number of fused-ring (bicyclic) bond motifs is 1. The summed E-state index contributed by atoms with van der Waals surface area (Å²) in [5.74, 6) is 0.775. The number of hydrogen-bond donors (Lipinski definition) is 1. The molecule has 104 valence electrons. The third-order valence-electron chi connectivity index (χ3n) is 3.77. The lowest BCUT2D eigenvalue weighted by Gasteiger charge is -2.25. The second kappa shape index (κ2) is 5.63. The molecule has 1 N–H and O–H groups in total. The largest absolute Gasteiger partial charge is 0.493 e. The van der Waals surface area contributed by atoms with E-state index in [9.17, 15) is 4.39 Å². The lowest BCUT2D eigenvalue weighted by molar-refractivity contribution is 0.283. The molecule has 2 aromatic carbocycles. The van der Waals surface area contributed by atoms with Crippen molar-refractivity contribution in [2.75, 3.05) is 13.7 Å². The number of benzene rings is 2. The molecule has 2 nitrogen and oxygen atoms in total. The van der Waals surface area contributed by atoms with E-state index in [1.165, 1.54) is 17.7 Å². The molecule has 20 heavy (non-hydrogen) atoms. The average molecular weight is 271 g/mol. The number of hydrogen-bond acceptors (Lipinski definition) is 2. The van der Waals surface area contributed by atoms with Crippen LogP contribution in [0.15, 0.2) is 42.5 Å². The molecule has 3 rings (SSSR count). The van der Waals surface area contributed by atoms with Gasteiger partial charge in [-0.3, -0.25) is 0 Å². The monoisotopic (exact) mass is 271 g/mol. The van der Waals surface area contributed by atoms with E-state index in [0.717, 1.165) is 36.3 Å². The summed E-state index contributed by atoms with van der Waals surface area (Å²) in [6, 6.07) is 12.9. The normalized spacial score (nSPS) is 15.3. The molecule has 1 atom stereocenters. The van der Waals surface area contributed by atoms with Gasteiger partial charge in [0.2, 0.25) is 0 Å². The first kappa shape index (κ1) is 13.1. The minimum absolute atomic E-state index is 0.0173. The van der Waals surface area contributed by atoms with E-state index in [1.807, 2.05) is 19.2 Å². The number of ether oxygens (including phenoxy) is 1. The molecular formula is C17H18FNO. The van der Waals surface area contributed by atoms with E-state index < -0.39 is 0 Å². The van der Waals surface area contributed by atoms with Gasteiger partial charge < -0.3 is 10.1 Å². The van der Waals surface area contributed by atoms with Crippen LogP contribution in [0.25, 0.3) is 0 Å². The van der Waals surface area contributed by atoms with Crippen molar-refractivity contribution in [2.24, 2.45) is 0 Å². The first-order valence-electron chi connectivity index (χ1n) is 6.97. The smallest absolute Gasteiger partial charge is 0.127 e. The zero-order chi connectivity index (χ0) is 13.9. The first-order valence-corrected chi connectivity index (χ1v) is 6.97. The third-order valence-corrected chi connectivity index (χ3v) is 3.77. The van der Waals surface area contributed by atoms with Crippen LogP contribution in [0.2, 0.25) is 0 Å². The quantitative estimate of drug-likeness (QED) is 0.923. The number of aryl methyl sites for hydroxylation is 1. The predicted octanol–water partition coefficient (Wildman–Crippen LogP) is 3.46. The van der Waals surface area contributed by atoms with Gasteiger partial charge in [-0.1, -0.05) is 30.3 Å². The van der Waals surface area contributed by atoms with Crippen LogP contribution in [0.4, 0.5) is 4.39 Å². The van der Waals surface area contributed by atoms with Crippen molar-refractivity contribution in [3.8, 4) is 5.75 Å². The fourth-order valence-corrected chi connectivity index (χ4v) is 2.80. The molecule has 3 heteroatoms. The fourth-order valence-electron chi connectivity index (χ4n) is 2.80. The van der Waals surface area contributed by atoms with Gasteiger partial charge in [0.25, 0.3) is 0 Å². The Morgan fingerprint density at radius 1 is 1.15 bits per heavy atom. The summed E-state index contributed by atoms with van der Waals surface area (Å²) in [7, 11) is 1.91. The Kier molecular flexibility index (Phi) is 3.70. The van der Waals surface area contributed by atoms with Crippen molar-refractivity contribution in [2.45, 2.75) is 18.9 Å². The van der Waals surface area contributed by atoms with Crippen LogP contribution >= 0.6 is 0 Å². The summed E-state index contributed by atoms with van der Waals surface area (Å²) in [6.07, 6.45) is 2.13. The van der Waals surface area contributed by atoms with Crippen molar-refractivity contribution < 1.29 is 9.13 Å². The van der Waals surface area contributed by atoms with E-state index in [-0.39, 0.29) is 11.9 Å². The summed E-state index contributed by atoms with van der Waals surface area (Å²) in [6.45, 7) is 0.768.